The maximum atomic E-state index is 11.5. The first-order chi connectivity index (χ1) is 8.80. The Hall–Kier alpha value is -1.41. The van der Waals surface area contributed by atoms with Crippen LogP contribution in [0.25, 0.3) is 11.1 Å². The first-order valence-corrected chi connectivity index (χ1v) is 7.65. The molecule has 0 saturated heterocycles. The molecule has 0 aliphatic heterocycles. The lowest BCUT2D eigenvalue weighted by Gasteiger charge is -2.15. The van der Waals surface area contributed by atoms with E-state index >= 15 is 0 Å². The predicted octanol–water partition coefficient (Wildman–Crippen LogP) is 3.08. The molecule has 0 aliphatic carbocycles. The van der Waals surface area contributed by atoms with Crippen molar-refractivity contribution in [2.24, 2.45) is 0 Å². The van der Waals surface area contributed by atoms with E-state index in [1.807, 2.05) is 38.1 Å². The molecule has 0 radical (unpaired) electrons. The Labute approximate surface area is 113 Å². The SMILES string of the molecule is Cc1ccc(-c2c(C)ccc(P(=O)(O)O)c2C)cc1. The van der Waals surface area contributed by atoms with Crippen LogP contribution in [0.5, 0.6) is 0 Å². The van der Waals surface area contributed by atoms with Crippen molar-refractivity contribution in [2.45, 2.75) is 20.8 Å². The van der Waals surface area contributed by atoms with Crippen molar-refractivity contribution in [3.63, 3.8) is 0 Å². The lowest BCUT2D eigenvalue weighted by atomic mass is 9.95. The molecule has 0 aliphatic rings. The van der Waals surface area contributed by atoms with Gasteiger partial charge in [0, 0.05) is 0 Å². The Balaban J connectivity index is 2.70. The summed E-state index contributed by atoms with van der Waals surface area (Å²) in [7, 11) is -4.23. The molecule has 0 saturated carbocycles. The minimum Gasteiger partial charge on any atom is -0.321 e. The van der Waals surface area contributed by atoms with Gasteiger partial charge in [-0.2, -0.15) is 0 Å². The number of hydrogen-bond acceptors (Lipinski definition) is 1. The molecule has 0 spiro atoms. The van der Waals surface area contributed by atoms with Crippen LogP contribution >= 0.6 is 7.60 Å². The Bertz CT molecular complexity index is 654. The van der Waals surface area contributed by atoms with Gasteiger partial charge in [-0.1, -0.05) is 35.9 Å². The Morgan fingerprint density at radius 2 is 1.47 bits per heavy atom. The molecular weight excluding hydrogens is 259 g/mol. The van der Waals surface area contributed by atoms with Gasteiger partial charge < -0.3 is 9.79 Å². The van der Waals surface area contributed by atoms with E-state index in [4.69, 9.17) is 0 Å². The van der Waals surface area contributed by atoms with E-state index in [1.165, 1.54) is 6.07 Å². The van der Waals surface area contributed by atoms with Gasteiger partial charge in [0.15, 0.2) is 0 Å². The topological polar surface area (TPSA) is 57.5 Å². The third-order valence-electron chi connectivity index (χ3n) is 3.30. The van der Waals surface area contributed by atoms with Crippen molar-refractivity contribution in [3.8, 4) is 11.1 Å². The highest BCUT2D eigenvalue weighted by Gasteiger charge is 2.22. The van der Waals surface area contributed by atoms with Gasteiger partial charge in [-0.3, -0.25) is 4.57 Å². The van der Waals surface area contributed by atoms with E-state index in [0.29, 0.717) is 5.56 Å². The van der Waals surface area contributed by atoms with Crippen LogP contribution in [0.2, 0.25) is 0 Å². The molecule has 2 N–H and O–H groups in total. The maximum absolute atomic E-state index is 11.5. The summed E-state index contributed by atoms with van der Waals surface area (Å²) in [4.78, 5) is 18.8. The van der Waals surface area contributed by atoms with E-state index in [1.54, 1.807) is 13.0 Å². The second kappa shape index (κ2) is 4.93. The molecule has 4 heteroatoms. The second-order valence-corrected chi connectivity index (χ2v) is 6.38. The Morgan fingerprint density at radius 3 is 2.00 bits per heavy atom. The number of hydrogen-bond donors (Lipinski definition) is 2. The minimum absolute atomic E-state index is 0.105. The molecule has 19 heavy (non-hydrogen) atoms. The zero-order valence-corrected chi connectivity index (χ0v) is 12.1. The van der Waals surface area contributed by atoms with Gasteiger partial charge in [-0.25, -0.2) is 0 Å². The fourth-order valence-electron chi connectivity index (χ4n) is 2.32. The van der Waals surface area contributed by atoms with Crippen molar-refractivity contribution >= 4 is 12.9 Å². The number of benzene rings is 2. The quantitative estimate of drug-likeness (QED) is 0.829. The normalized spacial score (nSPS) is 11.6. The molecular formula is C15H17O3P. The van der Waals surface area contributed by atoms with Gasteiger partial charge in [0.05, 0.1) is 5.30 Å². The first-order valence-electron chi connectivity index (χ1n) is 6.04. The van der Waals surface area contributed by atoms with Gasteiger partial charge in [0.2, 0.25) is 0 Å². The van der Waals surface area contributed by atoms with Crippen LogP contribution in [0.1, 0.15) is 16.7 Å². The Morgan fingerprint density at radius 1 is 0.895 bits per heavy atom. The summed E-state index contributed by atoms with van der Waals surface area (Å²) >= 11 is 0. The molecule has 0 heterocycles. The number of rotatable bonds is 2. The van der Waals surface area contributed by atoms with Crippen LogP contribution in [0, 0.1) is 20.8 Å². The summed E-state index contributed by atoms with van der Waals surface area (Å²) in [5, 5.41) is 0.105. The zero-order valence-electron chi connectivity index (χ0n) is 11.2. The highest BCUT2D eigenvalue weighted by molar-refractivity contribution is 7.60. The predicted molar refractivity (Wildman–Crippen MR) is 77.8 cm³/mol. The lowest BCUT2D eigenvalue weighted by Crippen LogP contribution is -2.10. The fraction of sp³-hybridized carbons (Fsp3) is 0.200. The van der Waals surface area contributed by atoms with Crippen LogP contribution in [-0.2, 0) is 4.57 Å². The zero-order chi connectivity index (χ0) is 14.2. The molecule has 2 aromatic carbocycles. The monoisotopic (exact) mass is 276 g/mol. The van der Waals surface area contributed by atoms with Crippen LogP contribution in [-0.4, -0.2) is 9.79 Å². The summed E-state index contributed by atoms with van der Waals surface area (Å²) in [5.41, 5.74) is 4.71. The number of aryl methyl sites for hydroxylation is 2. The molecule has 2 aromatic rings. The van der Waals surface area contributed by atoms with E-state index in [9.17, 15) is 14.4 Å². The van der Waals surface area contributed by atoms with E-state index in [0.717, 1.165) is 22.3 Å². The van der Waals surface area contributed by atoms with Crippen molar-refractivity contribution in [2.75, 3.05) is 0 Å². The summed E-state index contributed by atoms with van der Waals surface area (Å²) < 4.78 is 11.5. The minimum atomic E-state index is -4.23. The summed E-state index contributed by atoms with van der Waals surface area (Å²) in [5.74, 6) is 0. The van der Waals surface area contributed by atoms with E-state index in [2.05, 4.69) is 0 Å². The largest absolute Gasteiger partial charge is 0.356 e. The Kier molecular flexibility index (Phi) is 3.64. The van der Waals surface area contributed by atoms with Gasteiger partial charge in [0.1, 0.15) is 0 Å². The molecule has 0 atom stereocenters. The van der Waals surface area contributed by atoms with Crippen molar-refractivity contribution < 1.29 is 14.4 Å². The van der Waals surface area contributed by atoms with Crippen LogP contribution in [0.15, 0.2) is 36.4 Å². The molecule has 0 bridgehead atoms. The van der Waals surface area contributed by atoms with Crippen molar-refractivity contribution in [3.05, 3.63) is 53.1 Å². The maximum Gasteiger partial charge on any atom is 0.356 e. The molecule has 0 fully saturated rings. The fourth-order valence-corrected chi connectivity index (χ4v) is 3.13. The lowest BCUT2D eigenvalue weighted by molar-refractivity contribution is 0.387. The standard InChI is InChI=1S/C15H17O3P/c1-10-4-7-13(8-5-10)15-11(2)6-9-14(12(15)3)19(16,17)18/h4-9H,1-3H3,(H2,16,17,18). The van der Waals surface area contributed by atoms with Crippen LogP contribution in [0.4, 0.5) is 0 Å². The van der Waals surface area contributed by atoms with Gasteiger partial charge >= 0.3 is 7.60 Å². The smallest absolute Gasteiger partial charge is 0.321 e. The van der Waals surface area contributed by atoms with Gasteiger partial charge in [-0.15, -0.1) is 0 Å². The molecule has 0 amide bonds. The summed E-state index contributed by atoms with van der Waals surface area (Å²) in [6.07, 6.45) is 0. The third kappa shape index (κ3) is 2.79. The van der Waals surface area contributed by atoms with Crippen molar-refractivity contribution in [1.82, 2.24) is 0 Å². The van der Waals surface area contributed by atoms with E-state index < -0.39 is 7.60 Å². The molecule has 100 valence electrons. The summed E-state index contributed by atoms with van der Waals surface area (Å²) in [6, 6.07) is 11.2. The van der Waals surface area contributed by atoms with Gasteiger partial charge in [-0.05, 0) is 49.1 Å². The summed E-state index contributed by atoms with van der Waals surface area (Å²) in [6.45, 7) is 5.72. The molecule has 3 nitrogen and oxygen atoms in total. The molecule has 0 aromatic heterocycles. The average Bonchev–Trinajstić information content (AvgIpc) is 2.29. The first kappa shape index (κ1) is 14.0. The van der Waals surface area contributed by atoms with Crippen molar-refractivity contribution in [1.29, 1.82) is 0 Å². The van der Waals surface area contributed by atoms with Crippen LogP contribution < -0.4 is 5.30 Å². The van der Waals surface area contributed by atoms with Crippen LogP contribution in [0.3, 0.4) is 0 Å². The molecule has 0 unspecified atom stereocenters. The van der Waals surface area contributed by atoms with E-state index in [-0.39, 0.29) is 5.30 Å². The highest BCUT2D eigenvalue weighted by Crippen LogP contribution is 2.38. The second-order valence-electron chi connectivity index (χ2n) is 4.81. The highest BCUT2D eigenvalue weighted by atomic mass is 31.2. The molecule has 2 rings (SSSR count). The average molecular weight is 276 g/mol. The van der Waals surface area contributed by atoms with Gasteiger partial charge in [0.25, 0.3) is 0 Å². The third-order valence-corrected chi connectivity index (χ3v) is 4.41.